The van der Waals surface area contributed by atoms with E-state index in [0.29, 0.717) is 6.04 Å². The summed E-state index contributed by atoms with van der Waals surface area (Å²) in [7, 11) is 4.23. The van der Waals surface area contributed by atoms with Crippen LogP contribution in [0.1, 0.15) is 44.4 Å². The minimum Gasteiger partial charge on any atom is -0.317 e. The lowest BCUT2D eigenvalue weighted by Crippen LogP contribution is -2.36. The summed E-state index contributed by atoms with van der Waals surface area (Å²) in [5, 5.41) is 8.41. The maximum Gasteiger partial charge on any atom is 0.150 e. The molecule has 0 N–H and O–H groups in total. The molecule has 0 bridgehead atoms. The largest absolute Gasteiger partial charge is 0.317 e. The molecular weight excluding hydrogens is 188 g/mol. The highest BCUT2D eigenvalue weighted by atomic mass is 15.3. The average Bonchev–Trinajstić information content (AvgIpc) is 2.60. The van der Waals surface area contributed by atoms with Gasteiger partial charge in [-0.1, -0.05) is 0 Å². The molecule has 84 valence electrons. The van der Waals surface area contributed by atoms with Crippen molar-refractivity contribution in [3.8, 4) is 0 Å². The van der Waals surface area contributed by atoms with Crippen LogP contribution in [-0.4, -0.2) is 32.3 Å². The van der Waals surface area contributed by atoms with Gasteiger partial charge in [-0.15, -0.1) is 10.2 Å². The summed E-state index contributed by atoms with van der Waals surface area (Å²) in [6, 6.07) is 0.422. The molecule has 1 unspecified atom stereocenters. The fourth-order valence-electron chi connectivity index (χ4n) is 2.30. The Kier molecular flexibility index (Phi) is 2.34. The Hall–Kier alpha value is -0.900. The van der Waals surface area contributed by atoms with E-state index in [1.807, 2.05) is 14.0 Å². The molecule has 2 rings (SSSR count). The zero-order valence-electron chi connectivity index (χ0n) is 10.3. The number of likely N-dealkylation sites (tertiary alicyclic amines) is 1. The Morgan fingerprint density at radius 2 is 1.93 bits per heavy atom. The Bertz CT molecular complexity index is 367. The quantitative estimate of drug-likeness (QED) is 0.704. The number of hydrogen-bond donors (Lipinski definition) is 0. The first-order chi connectivity index (χ1) is 6.93. The number of aryl methyl sites for hydroxylation is 1. The number of hydrogen-bond acceptors (Lipinski definition) is 3. The molecule has 1 aromatic rings. The first kappa shape index (κ1) is 10.6. The lowest BCUT2D eigenvalue weighted by atomic mass is 10.0. The second kappa shape index (κ2) is 3.30. The highest BCUT2D eigenvalue weighted by Gasteiger charge is 2.39. The van der Waals surface area contributed by atoms with Crippen molar-refractivity contribution in [1.82, 2.24) is 19.7 Å². The SMILES string of the molecule is Cc1nnc(C2CCC(C)(C)N2C)n1C. The summed E-state index contributed by atoms with van der Waals surface area (Å²) in [5.74, 6) is 2.09. The molecule has 1 aliphatic heterocycles. The van der Waals surface area contributed by atoms with Gasteiger partial charge in [-0.05, 0) is 40.7 Å². The van der Waals surface area contributed by atoms with E-state index in [1.165, 1.54) is 12.8 Å². The summed E-state index contributed by atoms with van der Waals surface area (Å²) >= 11 is 0. The Morgan fingerprint density at radius 1 is 1.27 bits per heavy atom. The van der Waals surface area contributed by atoms with Crippen molar-refractivity contribution in [3.63, 3.8) is 0 Å². The molecule has 0 aliphatic carbocycles. The van der Waals surface area contributed by atoms with Gasteiger partial charge in [0.2, 0.25) is 0 Å². The molecule has 0 saturated carbocycles. The third-order valence-corrected chi connectivity index (χ3v) is 3.88. The predicted molar refractivity (Wildman–Crippen MR) is 59.6 cm³/mol. The van der Waals surface area contributed by atoms with Crippen molar-refractivity contribution >= 4 is 0 Å². The van der Waals surface area contributed by atoms with Crippen LogP contribution in [0.5, 0.6) is 0 Å². The predicted octanol–water partition coefficient (Wildman–Crippen LogP) is 1.67. The fourth-order valence-corrected chi connectivity index (χ4v) is 2.30. The summed E-state index contributed by atoms with van der Waals surface area (Å²) < 4.78 is 2.10. The summed E-state index contributed by atoms with van der Waals surface area (Å²) in [4.78, 5) is 2.41. The van der Waals surface area contributed by atoms with Gasteiger partial charge in [-0.2, -0.15) is 0 Å². The van der Waals surface area contributed by atoms with E-state index < -0.39 is 0 Å². The highest BCUT2D eigenvalue weighted by molar-refractivity contribution is 5.05. The van der Waals surface area contributed by atoms with Crippen molar-refractivity contribution in [3.05, 3.63) is 11.6 Å². The lowest BCUT2D eigenvalue weighted by molar-refractivity contribution is 0.163. The van der Waals surface area contributed by atoms with Gasteiger partial charge in [0, 0.05) is 12.6 Å². The lowest BCUT2D eigenvalue weighted by Gasteiger charge is -2.31. The highest BCUT2D eigenvalue weighted by Crippen LogP contribution is 2.39. The molecule has 2 heterocycles. The normalized spacial score (nSPS) is 26.1. The van der Waals surface area contributed by atoms with Crippen molar-refractivity contribution in [2.75, 3.05) is 7.05 Å². The molecule has 1 aromatic heterocycles. The minimum atomic E-state index is 0.282. The van der Waals surface area contributed by atoms with E-state index in [4.69, 9.17) is 0 Å². The van der Waals surface area contributed by atoms with E-state index in [-0.39, 0.29) is 5.54 Å². The van der Waals surface area contributed by atoms with E-state index in [1.54, 1.807) is 0 Å². The second-order valence-electron chi connectivity index (χ2n) is 5.14. The molecule has 0 spiro atoms. The van der Waals surface area contributed by atoms with Crippen LogP contribution in [0.3, 0.4) is 0 Å². The Morgan fingerprint density at radius 3 is 2.33 bits per heavy atom. The van der Waals surface area contributed by atoms with Crippen LogP contribution in [0.25, 0.3) is 0 Å². The van der Waals surface area contributed by atoms with Crippen molar-refractivity contribution < 1.29 is 0 Å². The molecule has 0 aromatic carbocycles. The molecule has 15 heavy (non-hydrogen) atoms. The third-order valence-electron chi connectivity index (χ3n) is 3.88. The molecule has 1 aliphatic rings. The Balaban J connectivity index is 2.30. The summed E-state index contributed by atoms with van der Waals surface area (Å²) in [6.07, 6.45) is 2.40. The third kappa shape index (κ3) is 1.57. The van der Waals surface area contributed by atoms with Crippen LogP contribution in [0, 0.1) is 6.92 Å². The molecule has 1 saturated heterocycles. The maximum atomic E-state index is 4.28. The van der Waals surface area contributed by atoms with Crippen molar-refractivity contribution in [2.24, 2.45) is 7.05 Å². The molecule has 0 radical (unpaired) electrons. The molecule has 4 heteroatoms. The van der Waals surface area contributed by atoms with E-state index >= 15 is 0 Å². The van der Waals surface area contributed by atoms with E-state index in [0.717, 1.165) is 11.6 Å². The zero-order chi connectivity index (χ0) is 11.2. The topological polar surface area (TPSA) is 34.0 Å². The smallest absolute Gasteiger partial charge is 0.150 e. The molecule has 1 fully saturated rings. The van der Waals surface area contributed by atoms with Gasteiger partial charge >= 0.3 is 0 Å². The second-order valence-corrected chi connectivity index (χ2v) is 5.14. The van der Waals surface area contributed by atoms with Crippen LogP contribution < -0.4 is 0 Å². The molecule has 0 amide bonds. The van der Waals surface area contributed by atoms with Crippen LogP contribution in [0.15, 0.2) is 0 Å². The van der Waals surface area contributed by atoms with Crippen molar-refractivity contribution in [2.45, 2.75) is 45.2 Å². The number of rotatable bonds is 1. The molecule has 4 nitrogen and oxygen atoms in total. The van der Waals surface area contributed by atoms with Crippen LogP contribution >= 0.6 is 0 Å². The van der Waals surface area contributed by atoms with Gasteiger partial charge < -0.3 is 4.57 Å². The zero-order valence-corrected chi connectivity index (χ0v) is 10.3. The molecular formula is C11H20N4. The Labute approximate surface area is 91.3 Å². The fraction of sp³-hybridized carbons (Fsp3) is 0.818. The number of aromatic nitrogens is 3. The standard InChI is InChI=1S/C11H20N4/c1-8-12-13-10(14(8)4)9-6-7-11(2,3)15(9)5/h9H,6-7H2,1-5H3. The van der Waals surface area contributed by atoms with Gasteiger partial charge in [0.25, 0.3) is 0 Å². The molecule has 1 atom stereocenters. The minimum absolute atomic E-state index is 0.282. The van der Waals surface area contributed by atoms with Crippen LogP contribution in [0.2, 0.25) is 0 Å². The summed E-state index contributed by atoms with van der Waals surface area (Å²) in [6.45, 7) is 6.57. The van der Waals surface area contributed by atoms with Crippen LogP contribution in [0.4, 0.5) is 0 Å². The van der Waals surface area contributed by atoms with Crippen LogP contribution in [-0.2, 0) is 7.05 Å². The van der Waals surface area contributed by atoms with E-state index in [9.17, 15) is 0 Å². The van der Waals surface area contributed by atoms with Gasteiger partial charge in [-0.3, -0.25) is 4.90 Å². The van der Waals surface area contributed by atoms with E-state index in [2.05, 4.69) is 40.6 Å². The first-order valence-corrected chi connectivity index (χ1v) is 5.52. The monoisotopic (exact) mass is 208 g/mol. The first-order valence-electron chi connectivity index (χ1n) is 5.52. The van der Waals surface area contributed by atoms with Gasteiger partial charge in [0.15, 0.2) is 0 Å². The summed E-state index contributed by atoms with van der Waals surface area (Å²) in [5.41, 5.74) is 0.282. The number of nitrogens with zero attached hydrogens (tertiary/aromatic N) is 4. The van der Waals surface area contributed by atoms with Gasteiger partial charge in [0.05, 0.1) is 6.04 Å². The van der Waals surface area contributed by atoms with Gasteiger partial charge in [-0.25, -0.2) is 0 Å². The van der Waals surface area contributed by atoms with Gasteiger partial charge in [0.1, 0.15) is 11.6 Å². The van der Waals surface area contributed by atoms with Crippen molar-refractivity contribution in [1.29, 1.82) is 0 Å². The maximum absolute atomic E-state index is 4.28. The average molecular weight is 208 g/mol.